The molecule has 0 spiro atoms. The minimum atomic E-state index is -4.64. The molecule has 14 heteroatoms. The maximum absolute atomic E-state index is 13.0. The van der Waals surface area contributed by atoms with Crippen molar-refractivity contribution in [2.24, 2.45) is 0 Å². The molecule has 0 saturated carbocycles. The Morgan fingerprint density at radius 2 is 1.58 bits per heavy atom. The quantitative estimate of drug-likeness (QED) is 0.0470. The summed E-state index contributed by atoms with van der Waals surface area (Å²) in [6, 6.07) is 12.8. The second kappa shape index (κ2) is 21.4. The Kier molecular flexibility index (Phi) is 17.4. The minimum absolute atomic E-state index is 0.178. The molecule has 13 nitrogen and oxygen atoms in total. The van der Waals surface area contributed by atoms with Crippen LogP contribution in [0.15, 0.2) is 48.8 Å². The number of hydrogen-bond acceptors (Lipinski definition) is 11. The molecule has 2 aromatic heterocycles. The zero-order valence-electron chi connectivity index (χ0n) is 31.1. The van der Waals surface area contributed by atoms with E-state index >= 15 is 0 Å². The van der Waals surface area contributed by atoms with Crippen molar-refractivity contribution in [1.82, 2.24) is 14.6 Å². The summed E-state index contributed by atoms with van der Waals surface area (Å²) in [5.74, 6) is 0.203. The SMILES string of the molecule is CCCCCCCCCCCCCCCCOC[C@@H](COP(=O)(O)OC[C@@]1(C)OCC(O)(c2ccc3c(N)ncnn23)[C@@H]1O)OCc1ccccc1. The van der Waals surface area contributed by atoms with Crippen LogP contribution < -0.4 is 5.73 Å². The maximum atomic E-state index is 13.0. The Bertz CT molecular complexity index is 1500. The summed E-state index contributed by atoms with van der Waals surface area (Å²) in [7, 11) is -4.64. The Labute approximate surface area is 308 Å². The van der Waals surface area contributed by atoms with Gasteiger partial charge >= 0.3 is 7.82 Å². The lowest BCUT2D eigenvalue weighted by atomic mass is 9.86. The zero-order valence-corrected chi connectivity index (χ0v) is 32.0. The molecule has 1 saturated heterocycles. The number of nitrogens with two attached hydrogens (primary N) is 1. The third kappa shape index (κ3) is 12.8. The number of aliphatic hydroxyl groups is 2. The molecule has 0 bridgehead atoms. The van der Waals surface area contributed by atoms with Gasteiger partial charge in [-0.3, -0.25) is 9.05 Å². The Morgan fingerprint density at radius 3 is 2.23 bits per heavy atom. The molecule has 1 aliphatic rings. The summed E-state index contributed by atoms with van der Waals surface area (Å²) in [4.78, 5) is 14.5. The van der Waals surface area contributed by atoms with Crippen LogP contribution in [0, 0.1) is 0 Å². The topological polar surface area (TPSA) is 180 Å². The number of aliphatic hydroxyl groups excluding tert-OH is 1. The highest BCUT2D eigenvalue weighted by molar-refractivity contribution is 7.47. The van der Waals surface area contributed by atoms with Crippen molar-refractivity contribution in [3.63, 3.8) is 0 Å². The van der Waals surface area contributed by atoms with E-state index < -0.39 is 37.8 Å². The van der Waals surface area contributed by atoms with Gasteiger partial charge in [0.05, 0.1) is 38.7 Å². The predicted molar refractivity (Wildman–Crippen MR) is 200 cm³/mol. The second-order valence-electron chi connectivity index (χ2n) is 14.2. The van der Waals surface area contributed by atoms with Gasteiger partial charge in [-0.1, -0.05) is 121 Å². The number of nitrogens with zero attached hydrogens (tertiary/aromatic N) is 3. The number of unbranched alkanes of at least 4 members (excludes halogenated alkanes) is 13. The van der Waals surface area contributed by atoms with Crippen molar-refractivity contribution < 1.29 is 42.9 Å². The molecule has 2 unspecified atom stereocenters. The van der Waals surface area contributed by atoms with Crippen LogP contribution in [0.1, 0.15) is 115 Å². The van der Waals surface area contributed by atoms with E-state index in [9.17, 15) is 19.7 Å². The van der Waals surface area contributed by atoms with Crippen LogP contribution in [0.3, 0.4) is 0 Å². The van der Waals surface area contributed by atoms with E-state index in [0.29, 0.717) is 12.1 Å². The van der Waals surface area contributed by atoms with E-state index in [1.54, 1.807) is 12.1 Å². The van der Waals surface area contributed by atoms with Crippen LogP contribution in [0.2, 0.25) is 0 Å². The van der Waals surface area contributed by atoms with Crippen LogP contribution in [0.25, 0.3) is 5.52 Å². The molecule has 0 aliphatic carbocycles. The summed E-state index contributed by atoms with van der Waals surface area (Å²) < 4.78 is 42.7. The maximum Gasteiger partial charge on any atom is 0.472 e. The molecule has 292 valence electrons. The monoisotopic (exact) mass is 748 g/mol. The fraction of sp³-hybridized carbons (Fsp3) is 0.684. The first-order valence-electron chi connectivity index (χ1n) is 19.1. The Morgan fingerprint density at radius 1 is 0.942 bits per heavy atom. The summed E-state index contributed by atoms with van der Waals surface area (Å²) in [5.41, 5.74) is 4.07. The highest BCUT2D eigenvalue weighted by Crippen LogP contribution is 2.47. The van der Waals surface area contributed by atoms with Crippen molar-refractivity contribution in [2.45, 2.75) is 134 Å². The highest BCUT2D eigenvalue weighted by Gasteiger charge is 2.58. The minimum Gasteiger partial charge on any atom is -0.386 e. The number of rotatable bonds is 27. The predicted octanol–water partition coefficient (Wildman–Crippen LogP) is 6.87. The van der Waals surface area contributed by atoms with Gasteiger partial charge in [-0.15, -0.1) is 0 Å². The molecule has 0 amide bonds. The summed E-state index contributed by atoms with van der Waals surface area (Å²) in [6.07, 6.45) is 17.0. The van der Waals surface area contributed by atoms with Crippen LogP contribution >= 0.6 is 7.82 Å². The second-order valence-corrected chi connectivity index (χ2v) is 15.7. The van der Waals surface area contributed by atoms with Gasteiger partial charge in [0.25, 0.3) is 0 Å². The van der Waals surface area contributed by atoms with Crippen molar-refractivity contribution >= 4 is 19.2 Å². The largest absolute Gasteiger partial charge is 0.472 e. The molecule has 3 heterocycles. The number of nitrogen functional groups attached to an aromatic ring is 1. The van der Waals surface area contributed by atoms with E-state index in [-0.39, 0.29) is 37.9 Å². The summed E-state index contributed by atoms with van der Waals surface area (Å²) in [6.45, 7) is 3.61. The van der Waals surface area contributed by atoms with Crippen LogP contribution in [-0.2, 0) is 40.0 Å². The number of benzene rings is 1. The normalized spacial score (nSPS) is 22.2. The number of anilines is 1. The number of ether oxygens (including phenoxy) is 3. The van der Waals surface area contributed by atoms with Crippen molar-refractivity contribution in [3.05, 3.63) is 60.0 Å². The Balaban J connectivity index is 1.17. The first-order chi connectivity index (χ1) is 25.1. The average Bonchev–Trinajstić information content (AvgIpc) is 3.69. The molecule has 1 aromatic carbocycles. The van der Waals surface area contributed by atoms with E-state index in [1.807, 2.05) is 30.3 Å². The Hall–Kier alpha value is -2.45. The molecule has 5 N–H and O–H groups in total. The van der Waals surface area contributed by atoms with Gasteiger partial charge in [0.1, 0.15) is 29.7 Å². The first kappa shape index (κ1) is 42.3. The van der Waals surface area contributed by atoms with Crippen molar-refractivity contribution in [3.8, 4) is 0 Å². The molecule has 4 rings (SSSR count). The van der Waals surface area contributed by atoms with E-state index in [4.69, 9.17) is 29.0 Å². The third-order valence-corrected chi connectivity index (χ3v) is 10.7. The van der Waals surface area contributed by atoms with Gasteiger partial charge in [0.15, 0.2) is 11.4 Å². The summed E-state index contributed by atoms with van der Waals surface area (Å²) >= 11 is 0. The van der Waals surface area contributed by atoms with Crippen LogP contribution in [-0.4, -0.2) is 80.5 Å². The van der Waals surface area contributed by atoms with E-state index in [2.05, 4.69) is 17.0 Å². The molecular formula is C38H61N4O9P. The lowest BCUT2D eigenvalue weighted by molar-refractivity contribution is -0.101. The zero-order chi connectivity index (χ0) is 37.3. The van der Waals surface area contributed by atoms with Gasteiger partial charge in [0.2, 0.25) is 0 Å². The standard InChI is InChI=1S/C38H61N4O9P/c1-3-4-5-6-7-8-9-10-11-12-13-14-15-19-24-47-26-32(48-25-31-20-17-16-18-21-31)27-50-52(45,46)51-28-37(2)36(43)38(44,29-49-37)34-23-22-33-35(39)40-30-41-42(33)34/h16-18,20-23,30,32,36,43-44H,3-15,19,24-29H2,1-2H3,(H,45,46)(H2,39,40,41)/t32-,36+,37+,38?/m0/s1. The number of aromatic nitrogens is 3. The summed E-state index contributed by atoms with van der Waals surface area (Å²) in [5, 5.41) is 26.9. The van der Waals surface area contributed by atoms with Gasteiger partial charge in [-0.05, 0) is 31.0 Å². The van der Waals surface area contributed by atoms with Crippen LogP contribution in [0.4, 0.5) is 5.82 Å². The third-order valence-electron chi connectivity index (χ3n) is 9.79. The van der Waals surface area contributed by atoms with Crippen molar-refractivity contribution in [2.75, 3.05) is 38.8 Å². The molecule has 1 fully saturated rings. The molecule has 5 atom stereocenters. The van der Waals surface area contributed by atoms with Gasteiger partial charge in [-0.2, -0.15) is 5.10 Å². The molecule has 3 aromatic rings. The highest BCUT2D eigenvalue weighted by atomic mass is 31.2. The number of hydrogen-bond donors (Lipinski definition) is 4. The van der Waals surface area contributed by atoms with Gasteiger partial charge in [-0.25, -0.2) is 14.1 Å². The molecule has 1 aliphatic heterocycles. The molecular weight excluding hydrogens is 687 g/mol. The van der Waals surface area contributed by atoms with Crippen molar-refractivity contribution in [1.29, 1.82) is 0 Å². The van der Waals surface area contributed by atoms with E-state index in [0.717, 1.165) is 18.4 Å². The van der Waals surface area contributed by atoms with Crippen LogP contribution in [0.5, 0.6) is 0 Å². The number of phosphoric ester groups is 1. The average molecular weight is 749 g/mol. The lowest BCUT2D eigenvalue weighted by Crippen LogP contribution is -2.49. The first-order valence-corrected chi connectivity index (χ1v) is 20.6. The van der Waals surface area contributed by atoms with Gasteiger partial charge in [0, 0.05) is 6.61 Å². The van der Waals surface area contributed by atoms with E-state index in [1.165, 1.54) is 94.8 Å². The fourth-order valence-electron chi connectivity index (χ4n) is 6.52. The lowest BCUT2D eigenvalue weighted by Gasteiger charge is -2.32. The number of fused-ring (bicyclic) bond motifs is 1. The number of phosphoric acid groups is 1. The fourth-order valence-corrected chi connectivity index (χ4v) is 7.37. The smallest absolute Gasteiger partial charge is 0.386 e. The molecule has 52 heavy (non-hydrogen) atoms. The molecule has 0 radical (unpaired) electrons. The van der Waals surface area contributed by atoms with Gasteiger partial charge < -0.3 is 35.1 Å².